The fourth-order valence-electron chi connectivity index (χ4n) is 2.69. The minimum Gasteiger partial charge on any atom is -0.352 e. The second-order valence-electron chi connectivity index (χ2n) is 5.41. The Morgan fingerprint density at radius 3 is 2.67 bits per heavy atom. The second kappa shape index (κ2) is 6.81. The molecule has 0 radical (unpaired) electrons. The van der Waals surface area contributed by atoms with E-state index in [0.717, 1.165) is 10.0 Å². The summed E-state index contributed by atoms with van der Waals surface area (Å²) in [5.74, 6) is -2.15. The van der Waals surface area contributed by atoms with Crippen molar-refractivity contribution in [3.63, 3.8) is 0 Å². The first-order chi connectivity index (χ1) is 9.88. The first-order valence-corrected chi connectivity index (χ1v) is 7.75. The maximum absolute atomic E-state index is 12.7. The van der Waals surface area contributed by atoms with E-state index in [2.05, 4.69) is 21.2 Å². The topological polar surface area (TPSA) is 29.1 Å². The van der Waals surface area contributed by atoms with Crippen LogP contribution in [0.1, 0.15) is 31.2 Å². The number of carbonyl (C=O) groups is 1. The molecule has 1 aliphatic carbocycles. The first kappa shape index (κ1) is 16.3. The van der Waals surface area contributed by atoms with Gasteiger partial charge < -0.3 is 5.32 Å². The standard InChI is InChI=1S/C15H17BrF3NO/c16-13-7-2-1-4-11(13)9-20-14(21)10-5-3-6-12(8-10)15(17,18)19/h1-2,4,7,10,12H,3,5-6,8-9H2,(H,20,21). The van der Waals surface area contributed by atoms with Crippen molar-refractivity contribution >= 4 is 21.8 Å². The molecule has 1 amide bonds. The quantitative estimate of drug-likeness (QED) is 0.845. The third-order valence-electron chi connectivity index (χ3n) is 3.92. The van der Waals surface area contributed by atoms with Crippen molar-refractivity contribution in [2.45, 2.75) is 38.4 Å². The largest absolute Gasteiger partial charge is 0.391 e. The number of alkyl halides is 3. The lowest BCUT2D eigenvalue weighted by molar-refractivity contribution is -0.186. The number of nitrogens with one attached hydrogen (secondary N) is 1. The Morgan fingerprint density at radius 1 is 1.29 bits per heavy atom. The number of carbonyl (C=O) groups excluding carboxylic acids is 1. The highest BCUT2D eigenvalue weighted by Gasteiger charge is 2.43. The molecule has 0 saturated heterocycles. The molecule has 2 atom stereocenters. The molecule has 6 heteroatoms. The summed E-state index contributed by atoms with van der Waals surface area (Å²) in [6.07, 6.45) is -3.16. The number of amides is 1. The number of hydrogen-bond acceptors (Lipinski definition) is 1. The average Bonchev–Trinajstić information content (AvgIpc) is 2.45. The molecule has 2 unspecified atom stereocenters. The molecule has 1 saturated carbocycles. The van der Waals surface area contributed by atoms with Crippen LogP contribution >= 0.6 is 15.9 Å². The molecule has 0 bridgehead atoms. The van der Waals surface area contributed by atoms with E-state index in [1.165, 1.54) is 0 Å². The Morgan fingerprint density at radius 2 is 2.00 bits per heavy atom. The van der Waals surface area contributed by atoms with E-state index >= 15 is 0 Å². The van der Waals surface area contributed by atoms with Crippen molar-refractivity contribution in [1.29, 1.82) is 0 Å². The Labute approximate surface area is 130 Å². The molecule has 1 fully saturated rings. The predicted octanol–water partition coefficient (Wildman–Crippen LogP) is 4.43. The third kappa shape index (κ3) is 4.46. The summed E-state index contributed by atoms with van der Waals surface area (Å²) in [5, 5.41) is 2.75. The molecule has 0 spiro atoms. The predicted molar refractivity (Wildman–Crippen MR) is 77.5 cm³/mol. The van der Waals surface area contributed by atoms with Crippen LogP contribution in [0, 0.1) is 11.8 Å². The SMILES string of the molecule is O=C(NCc1ccccc1Br)C1CCCC(C(F)(F)F)C1. The van der Waals surface area contributed by atoms with E-state index in [-0.39, 0.29) is 18.7 Å². The van der Waals surface area contributed by atoms with E-state index in [1.807, 2.05) is 24.3 Å². The zero-order valence-corrected chi connectivity index (χ0v) is 13.0. The highest BCUT2D eigenvalue weighted by molar-refractivity contribution is 9.10. The zero-order valence-electron chi connectivity index (χ0n) is 11.4. The molecule has 0 aliphatic heterocycles. The minimum absolute atomic E-state index is 0.0920. The second-order valence-corrected chi connectivity index (χ2v) is 6.27. The zero-order chi connectivity index (χ0) is 15.5. The Kier molecular flexibility index (Phi) is 5.30. The molecular formula is C15H17BrF3NO. The number of benzene rings is 1. The van der Waals surface area contributed by atoms with Crippen LogP contribution in [0.5, 0.6) is 0 Å². The molecule has 1 aromatic rings. The Hall–Kier alpha value is -1.04. The van der Waals surface area contributed by atoms with Crippen LogP contribution in [0.3, 0.4) is 0 Å². The summed E-state index contributed by atoms with van der Waals surface area (Å²) in [7, 11) is 0. The lowest BCUT2D eigenvalue weighted by atomic mass is 9.80. The van der Waals surface area contributed by atoms with Gasteiger partial charge in [-0.05, 0) is 30.9 Å². The highest BCUT2D eigenvalue weighted by atomic mass is 79.9. The van der Waals surface area contributed by atoms with Gasteiger partial charge in [-0.2, -0.15) is 13.2 Å². The third-order valence-corrected chi connectivity index (χ3v) is 4.69. The van der Waals surface area contributed by atoms with Gasteiger partial charge in [0.2, 0.25) is 5.91 Å². The van der Waals surface area contributed by atoms with Gasteiger partial charge in [0, 0.05) is 16.9 Å². The van der Waals surface area contributed by atoms with Crippen LogP contribution in [0.2, 0.25) is 0 Å². The van der Waals surface area contributed by atoms with Crippen LogP contribution in [-0.4, -0.2) is 12.1 Å². The molecule has 2 nitrogen and oxygen atoms in total. The molecular weight excluding hydrogens is 347 g/mol. The number of rotatable bonds is 3. The van der Waals surface area contributed by atoms with Gasteiger partial charge in [-0.1, -0.05) is 40.5 Å². The van der Waals surface area contributed by atoms with Gasteiger partial charge in [0.1, 0.15) is 0 Å². The minimum atomic E-state index is -4.19. The summed E-state index contributed by atoms with van der Waals surface area (Å²) in [5.41, 5.74) is 0.911. The van der Waals surface area contributed by atoms with Crippen molar-refractivity contribution in [1.82, 2.24) is 5.32 Å². The normalized spacial score (nSPS) is 22.9. The van der Waals surface area contributed by atoms with E-state index in [4.69, 9.17) is 0 Å². The maximum Gasteiger partial charge on any atom is 0.391 e. The van der Waals surface area contributed by atoms with Crippen LogP contribution in [0.15, 0.2) is 28.7 Å². The van der Waals surface area contributed by atoms with Gasteiger partial charge >= 0.3 is 6.18 Å². The van der Waals surface area contributed by atoms with E-state index in [1.54, 1.807) is 0 Å². The highest BCUT2D eigenvalue weighted by Crippen LogP contribution is 2.39. The monoisotopic (exact) mass is 363 g/mol. The van der Waals surface area contributed by atoms with Crippen molar-refractivity contribution in [2.75, 3.05) is 0 Å². The molecule has 1 aliphatic rings. The average molecular weight is 364 g/mol. The number of halogens is 4. The lowest BCUT2D eigenvalue weighted by Gasteiger charge is -2.29. The summed E-state index contributed by atoms with van der Waals surface area (Å²) in [6, 6.07) is 7.45. The smallest absolute Gasteiger partial charge is 0.352 e. The van der Waals surface area contributed by atoms with Gasteiger partial charge in [-0.3, -0.25) is 4.79 Å². The van der Waals surface area contributed by atoms with Crippen LogP contribution in [-0.2, 0) is 11.3 Å². The van der Waals surface area contributed by atoms with Gasteiger partial charge in [0.05, 0.1) is 5.92 Å². The molecule has 0 aromatic heterocycles. The molecule has 116 valence electrons. The molecule has 0 heterocycles. The molecule has 1 N–H and O–H groups in total. The van der Waals surface area contributed by atoms with Gasteiger partial charge in [-0.15, -0.1) is 0 Å². The van der Waals surface area contributed by atoms with E-state index in [0.29, 0.717) is 19.4 Å². The van der Waals surface area contributed by atoms with Crippen molar-refractivity contribution in [3.05, 3.63) is 34.3 Å². The summed E-state index contributed by atoms with van der Waals surface area (Å²) in [6.45, 7) is 0.327. The molecule has 1 aromatic carbocycles. The van der Waals surface area contributed by atoms with Gasteiger partial charge in [0.25, 0.3) is 0 Å². The van der Waals surface area contributed by atoms with Crippen molar-refractivity contribution in [3.8, 4) is 0 Å². The Balaban J connectivity index is 1.90. The summed E-state index contributed by atoms with van der Waals surface area (Å²) >= 11 is 3.38. The first-order valence-electron chi connectivity index (χ1n) is 6.95. The summed E-state index contributed by atoms with van der Waals surface area (Å²) in [4.78, 5) is 12.1. The summed E-state index contributed by atoms with van der Waals surface area (Å²) < 4.78 is 39.1. The number of hydrogen-bond donors (Lipinski definition) is 1. The maximum atomic E-state index is 12.7. The van der Waals surface area contributed by atoms with Gasteiger partial charge in [0.15, 0.2) is 0 Å². The van der Waals surface area contributed by atoms with E-state index < -0.39 is 18.0 Å². The van der Waals surface area contributed by atoms with Crippen molar-refractivity contribution in [2.24, 2.45) is 11.8 Å². The van der Waals surface area contributed by atoms with Crippen LogP contribution < -0.4 is 5.32 Å². The molecule has 21 heavy (non-hydrogen) atoms. The Bertz CT molecular complexity index is 504. The fourth-order valence-corrected chi connectivity index (χ4v) is 3.12. The van der Waals surface area contributed by atoms with Crippen LogP contribution in [0.4, 0.5) is 13.2 Å². The van der Waals surface area contributed by atoms with Crippen molar-refractivity contribution < 1.29 is 18.0 Å². The molecule has 2 rings (SSSR count). The van der Waals surface area contributed by atoms with Gasteiger partial charge in [-0.25, -0.2) is 0 Å². The van der Waals surface area contributed by atoms with E-state index in [9.17, 15) is 18.0 Å². The fraction of sp³-hybridized carbons (Fsp3) is 0.533. The lowest BCUT2D eigenvalue weighted by Crippen LogP contribution is -2.37. The van der Waals surface area contributed by atoms with Crippen LogP contribution in [0.25, 0.3) is 0 Å².